The quantitative estimate of drug-likeness (QED) is 0.302. The summed E-state index contributed by atoms with van der Waals surface area (Å²) in [6, 6.07) is 2.61. The van der Waals surface area contributed by atoms with Gasteiger partial charge in [-0.05, 0) is 17.0 Å². The summed E-state index contributed by atoms with van der Waals surface area (Å²) in [5.74, 6) is -1.61. The highest BCUT2D eigenvalue weighted by molar-refractivity contribution is 8.01. The molecule has 0 aromatic carbocycles. The van der Waals surface area contributed by atoms with E-state index in [-0.39, 0.29) is 11.4 Å². The number of fused-ring (bicyclic) bond motifs is 1. The van der Waals surface area contributed by atoms with E-state index in [0.717, 1.165) is 5.03 Å². The van der Waals surface area contributed by atoms with Crippen molar-refractivity contribution in [3.8, 4) is 0 Å². The lowest BCUT2D eigenvalue weighted by atomic mass is 10.0. The van der Waals surface area contributed by atoms with Crippen LogP contribution < -0.4 is 5.32 Å². The Balaban J connectivity index is 1.41. The van der Waals surface area contributed by atoms with Gasteiger partial charge in [-0.15, -0.1) is 28.6 Å². The van der Waals surface area contributed by atoms with Crippen LogP contribution in [0.25, 0.3) is 0 Å². The molecule has 2 aromatic rings. The SMILES string of the molecule is Cn1nncc1SCC1=C(C(=O)O)N2C(=O)C(NC(=O)C[S+]([O-])c3cccs3)[C@@H]2SC1. The number of thioether (sulfide) groups is 2. The number of thiophene rings is 1. The minimum absolute atomic E-state index is 0.0379. The fourth-order valence-corrected chi connectivity index (χ4v) is 7.46. The zero-order valence-electron chi connectivity index (χ0n) is 16.1. The van der Waals surface area contributed by atoms with E-state index in [9.17, 15) is 24.0 Å². The molecule has 0 spiro atoms. The molecule has 1 fully saturated rings. The van der Waals surface area contributed by atoms with Crippen LogP contribution in [0.5, 0.6) is 0 Å². The first-order chi connectivity index (χ1) is 14.9. The number of aromatic nitrogens is 3. The van der Waals surface area contributed by atoms with Crippen LogP contribution in [0.15, 0.2) is 44.2 Å². The molecule has 3 atom stereocenters. The number of rotatable bonds is 8. The van der Waals surface area contributed by atoms with Gasteiger partial charge in [-0.25, -0.2) is 9.48 Å². The van der Waals surface area contributed by atoms with Crippen molar-refractivity contribution in [3.63, 3.8) is 0 Å². The first-order valence-electron chi connectivity index (χ1n) is 8.95. The van der Waals surface area contributed by atoms with Crippen molar-refractivity contribution < 1.29 is 24.0 Å². The van der Waals surface area contributed by atoms with Crippen LogP contribution in [-0.2, 0) is 32.6 Å². The van der Waals surface area contributed by atoms with Gasteiger partial charge in [0.1, 0.15) is 22.1 Å². The van der Waals surface area contributed by atoms with Gasteiger partial charge in [0.15, 0.2) is 5.75 Å². The summed E-state index contributed by atoms with van der Waals surface area (Å²) in [6.07, 6.45) is 1.59. The van der Waals surface area contributed by atoms with E-state index in [2.05, 4.69) is 15.6 Å². The molecule has 0 radical (unpaired) electrons. The second kappa shape index (κ2) is 9.24. The Morgan fingerprint density at radius 1 is 1.48 bits per heavy atom. The number of carboxylic acid groups (broad SMARTS) is 1. The Hall–Kier alpha value is -2.00. The summed E-state index contributed by atoms with van der Waals surface area (Å²) in [6.45, 7) is 0. The van der Waals surface area contributed by atoms with Gasteiger partial charge in [0.25, 0.3) is 11.8 Å². The molecular formula is C17H17N5O5S4. The fraction of sp³-hybridized carbons (Fsp3) is 0.353. The predicted molar refractivity (Wildman–Crippen MR) is 117 cm³/mol. The van der Waals surface area contributed by atoms with Crippen molar-refractivity contribution in [2.75, 3.05) is 17.3 Å². The summed E-state index contributed by atoms with van der Waals surface area (Å²) in [7, 11) is 1.74. The van der Waals surface area contributed by atoms with Gasteiger partial charge < -0.3 is 15.0 Å². The van der Waals surface area contributed by atoms with Crippen LogP contribution >= 0.6 is 34.9 Å². The second-order valence-corrected chi connectivity index (χ2v) is 11.3. The lowest BCUT2D eigenvalue weighted by Crippen LogP contribution is -2.70. The summed E-state index contributed by atoms with van der Waals surface area (Å²) >= 11 is 2.60. The highest BCUT2D eigenvalue weighted by Gasteiger charge is 2.54. The van der Waals surface area contributed by atoms with E-state index in [1.165, 1.54) is 39.8 Å². The number of carbonyl (C=O) groups is 3. The van der Waals surface area contributed by atoms with Gasteiger partial charge in [0.05, 0.1) is 6.20 Å². The van der Waals surface area contributed by atoms with Gasteiger partial charge in [0, 0.05) is 35.8 Å². The Bertz CT molecular complexity index is 1040. The zero-order chi connectivity index (χ0) is 22.1. The number of hydrogen-bond acceptors (Lipinski definition) is 9. The predicted octanol–water partition coefficient (Wildman–Crippen LogP) is 0.515. The molecule has 31 heavy (non-hydrogen) atoms. The van der Waals surface area contributed by atoms with E-state index < -0.39 is 40.4 Å². The van der Waals surface area contributed by atoms with Crippen molar-refractivity contribution in [1.29, 1.82) is 0 Å². The molecule has 4 heterocycles. The van der Waals surface area contributed by atoms with Crippen LogP contribution in [0.3, 0.4) is 0 Å². The third-order valence-electron chi connectivity index (χ3n) is 4.62. The zero-order valence-corrected chi connectivity index (χ0v) is 19.4. The smallest absolute Gasteiger partial charge is 0.352 e. The minimum atomic E-state index is -1.48. The molecule has 1 saturated heterocycles. The second-order valence-electron chi connectivity index (χ2n) is 6.62. The fourth-order valence-electron chi connectivity index (χ4n) is 3.16. The topological polar surface area (TPSA) is 140 Å². The minimum Gasteiger partial charge on any atom is -0.610 e. The van der Waals surface area contributed by atoms with E-state index in [0.29, 0.717) is 21.3 Å². The van der Waals surface area contributed by atoms with Gasteiger partial charge in [-0.3, -0.25) is 14.5 Å². The number of β-lactam (4-membered cyclic amide) rings is 1. The number of nitrogens with zero attached hydrogens (tertiary/aromatic N) is 4. The lowest BCUT2D eigenvalue weighted by molar-refractivity contribution is -0.150. The van der Waals surface area contributed by atoms with Crippen molar-refractivity contribution in [2.24, 2.45) is 7.05 Å². The average molecular weight is 500 g/mol. The standard InChI is InChI=1S/C17H17N5O5S4/c1-21-11(5-18-20-21)29-6-9-7-30-16-13(15(24)22(16)14(9)17(25)26)19-10(23)8-31(27)12-3-2-4-28-12/h2-5,13,16H,6-8H2,1H3,(H,19,23)(H,25,26)/t13?,16-,31?/m0/s1. The Kier molecular flexibility index (Phi) is 6.62. The van der Waals surface area contributed by atoms with E-state index in [1.807, 2.05) is 0 Å². The van der Waals surface area contributed by atoms with Crippen LogP contribution in [-0.4, -0.2) is 76.0 Å². The number of aryl methyl sites for hydroxylation is 1. The Morgan fingerprint density at radius 2 is 2.29 bits per heavy atom. The van der Waals surface area contributed by atoms with Crippen LogP contribution in [0.2, 0.25) is 0 Å². The maximum atomic E-state index is 12.7. The summed E-state index contributed by atoms with van der Waals surface area (Å²) in [4.78, 5) is 38.1. The third kappa shape index (κ3) is 4.48. The first kappa shape index (κ1) is 22.2. The lowest BCUT2D eigenvalue weighted by Gasteiger charge is -2.49. The van der Waals surface area contributed by atoms with Gasteiger partial charge >= 0.3 is 5.97 Å². The van der Waals surface area contributed by atoms with Crippen LogP contribution in [0.1, 0.15) is 0 Å². The van der Waals surface area contributed by atoms with Crippen LogP contribution in [0.4, 0.5) is 0 Å². The molecule has 2 unspecified atom stereocenters. The van der Waals surface area contributed by atoms with E-state index in [4.69, 9.17) is 0 Å². The number of hydrogen-bond donors (Lipinski definition) is 2. The number of nitrogens with one attached hydrogen (secondary N) is 1. The number of carbonyl (C=O) groups excluding carboxylic acids is 2. The van der Waals surface area contributed by atoms with Crippen LogP contribution in [0, 0.1) is 0 Å². The molecule has 14 heteroatoms. The Labute approximate surface area is 192 Å². The van der Waals surface area contributed by atoms with Crippen molar-refractivity contribution in [2.45, 2.75) is 20.7 Å². The summed E-state index contributed by atoms with van der Waals surface area (Å²) in [5.41, 5.74) is 0.584. The average Bonchev–Trinajstić information content (AvgIpc) is 3.41. The molecule has 4 rings (SSSR count). The maximum absolute atomic E-state index is 12.7. The number of amides is 2. The molecule has 164 valence electrons. The van der Waals surface area contributed by atoms with E-state index in [1.54, 1.807) is 35.4 Å². The van der Waals surface area contributed by atoms with Crippen molar-refractivity contribution in [1.82, 2.24) is 25.2 Å². The monoisotopic (exact) mass is 499 g/mol. The molecule has 2 aromatic heterocycles. The van der Waals surface area contributed by atoms with Gasteiger partial charge in [-0.1, -0.05) is 16.6 Å². The largest absolute Gasteiger partial charge is 0.610 e. The van der Waals surface area contributed by atoms with Gasteiger partial charge in [-0.2, -0.15) is 0 Å². The first-order valence-corrected chi connectivity index (χ1v) is 13.2. The van der Waals surface area contributed by atoms with Gasteiger partial charge in [0.2, 0.25) is 4.21 Å². The molecule has 2 aliphatic rings. The Morgan fingerprint density at radius 3 is 2.94 bits per heavy atom. The number of carboxylic acids is 1. The highest BCUT2D eigenvalue weighted by atomic mass is 32.2. The molecule has 0 bridgehead atoms. The normalized spacial score (nSPS) is 21.5. The molecule has 10 nitrogen and oxygen atoms in total. The molecule has 2 aliphatic heterocycles. The highest BCUT2D eigenvalue weighted by Crippen LogP contribution is 2.41. The maximum Gasteiger partial charge on any atom is 0.352 e. The van der Waals surface area contributed by atoms with Crippen molar-refractivity contribution >= 4 is 63.8 Å². The van der Waals surface area contributed by atoms with Crippen molar-refractivity contribution in [3.05, 3.63) is 35.0 Å². The summed E-state index contributed by atoms with van der Waals surface area (Å²) < 4.78 is 14.4. The third-order valence-corrected chi connectivity index (χ3v) is 9.73. The van der Waals surface area contributed by atoms with E-state index >= 15 is 0 Å². The molecule has 0 aliphatic carbocycles. The summed E-state index contributed by atoms with van der Waals surface area (Å²) in [5, 5.41) is 22.0. The molecular weight excluding hydrogens is 482 g/mol. The molecule has 2 N–H and O–H groups in total. The molecule has 0 saturated carbocycles. The molecule has 2 amide bonds. The number of aliphatic carboxylic acids is 1.